The lowest BCUT2D eigenvalue weighted by Gasteiger charge is -2.40. The number of hydrogen-bond donors (Lipinski definition) is 3. The Kier molecular flexibility index (Phi) is 9.99. The second kappa shape index (κ2) is 12.7. The van der Waals surface area contributed by atoms with E-state index in [2.05, 4.69) is 5.32 Å². The summed E-state index contributed by atoms with van der Waals surface area (Å²) in [6, 6.07) is 7.41. The molecular formula is C28H44N2O5. The highest BCUT2D eigenvalue weighted by molar-refractivity contribution is 5.86. The quantitative estimate of drug-likeness (QED) is 0.498. The molecule has 4 atom stereocenters. The molecule has 1 saturated heterocycles. The molecule has 1 aromatic carbocycles. The van der Waals surface area contributed by atoms with E-state index >= 15 is 0 Å². The summed E-state index contributed by atoms with van der Waals surface area (Å²) in [4.78, 5) is 28.0. The number of rotatable bonds is 8. The number of nitrogens with zero attached hydrogens (tertiary/aromatic N) is 1. The summed E-state index contributed by atoms with van der Waals surface area (Å²) in [6.07, 6.45) is 8.70. The van der Waals surface area contributed by atoms with Crippen LogP contribution in [0, 0.1) is 11.8 Å². The van der Waals surface area contributed by atoms with Gasteiger partial charge in [-0.05, 0) is 51.0 Å². The molecule has 1 heterocycles. The minimum Gasteiger partial charge on any atom is -0.444 e. The zero-order chi connectivity index (χ0) is 25.4. The molecule has 1 aromatic rings. The van der Waals surface area contributed by atoms with Crippen molar-refractivity contribution in [3.8, 4) is 0 Å². The number of aliphatic hydroxyl groups is 2. The Hall–Kier alpha value is -2.12. The molecule has 196 valence electrons. The SMILES string of the molecule is CC(C)(C)OC(=O)N1CCC(CCC2CCCCC2)CC1C(=O)NC(CO)[C@H](O)c1ccccc1. The van der Waals surface area contributed by atoms with Crippen LogP contribution in [0.3, 0.4) is 0 Å². The van der Waals surface area contributed by atoms with E-state index in [0.717, 1.165) is 18.8 Å². The average molecular weight is 489 g/mol. The predicted octanol–water partition coefficient (Wildman–Crippen LogP) is 4.57. The molecule has 1 aliphatic heterocycles. The molecule has 7 nitrogen and oxygen atoms in total. The van der Waals surface area contributed by atoms with Gasteiger partial charge in [0.05, 0.1) is 12.6 Å². The molecule has 35 heavy (non-hydrogen) atoms. The molecule has 7 heteroatoms. The third-order valence-electron chi connectivity index (χ3n) is 7.40. The molecule has 2 amide bonds. The third-order valence-corrected chi connectivity index (χ3v) is 7.40. The number of carbonyl (C=O) groups excluding carboxylic acids is 2. The fourth-order valence-electron chi connectivity index (χ4n) is 5.42. The molecular weight excluding hydrogens is 444 g/mol. The van der Waals surface area contributed by atoms with Gasteiger partial charge in [-0.1, -0.05) is 75.3 Å². The highest BCUT2D eigenvalue weighted by atomic mass is 16.6. The number of ether oxygens (including phenoxy) is 1. The Morgan fingerprint density at radius 2 is 1.71 bits per heavy atom. The summed E-state index contributed by atoms with van der Waals surface area (Å²) < 4.78 is 5.60. The van der Waals surface area contributed by atoms with Gasteiger partial charge in [-0.3, -0.25) is 9.69 Å². The van der Waals surface area contributed by atoms with Crippen LogP contribution in [0.5, 0.6) is 0 Å². The number of carbonyl (C=O) groups is 2. The first-order chi connectivity index (χ1) is 16.7. The zero-order valence-electron chi connectivity index (χ0n) is 21.6. The maximum absolute atomic E-state index is 13.5. The Bertz CT molecular complexity index is 803. The molecule has 0 spiro atoms. The van der Waals surface area contributed by atoms with Crippen LogP contribution in [0.4, 0.5) is 4.79 Å². The fraction of sp³-hybridized carbons (Fsp3) is 0.714. The van der Waals surface area contributed by atoms with Crippen molar-refractivity contribution in [2.75, 3.05) is 13.2 Å². The lowest BCUT2D eigenvalue weighted by atomic mass is 9.80. The first-order valence-corrected chi connectivity index (χ1v) is 13.3. The molecule has 0 aromatic heterocycles. The minimum absolute atomic E-state index is 0.354. The molecule has 2 aliphatic rings. The van der Waals surface area contributed by atoms with Crippen LogP contribution >= 0.6 is 0 Å². The molecule has 0 radical (unpaired) electrons. The highest BCUT2D eigenvalue weighted by Crippen LogP contribution is 2.33. The summed E-state index contributed by atoms with van der Waals surface area (Å²) in [5.41, 5.74) is -0.0440. The Morgan fingerprint density at radius 1 is 1.06 bits per heavy atom. The summed E-state index contributed by atoms with van der Waals surface area (Å²) in [5, 5.41) is 23.5. The second-order valence-electron chi connectivity index (χ2n) is 11.3. The monoisotopic (exact) mass is 488 g/mol. The Balaban J connectivity index is 1.69. The number of hydrogen-bond acceptors (Lipinski definition) is 5. The van der Waals surface area contributed by atoms with E-state index in [-0.39, 0.29) is 5.91 Å². The van der Waals surface area contributed by atoms with Gasteiger partial charge in [0, 0.05) is 6.54 Å². The van der Waals surface area contributed by atoms with Crippen molar-refractivity contribution in [3.63, 3.8) is 0 Å². The molecule has 1 saturated carbocycles. The molecule has 3 N–H and O–H groups in total. The van der Waals surface area contributed by atoms with E-state index in [1.54, 1.807) is 24.3 Å². The number of amides is 2. The van der Waals surface area contributed by atoms with Crippen molar-refractivity contribution in [2.45, 2.75) is 102 Å². The van der Waals surface area contributed by atoms with E-state index < -0.39 is 36.5 Å². The third kappa shape index (κ3) is 8.21. The summed E-state index contributed by atoms with van der Waals surface area (Å²) in [7, 11) is 0. The van der Waals surface area contributed by atoms with Crippen LogP contribution in [0.15, 0.2) is 30.3 Å². The van der Waals surface area contributed by atoms with Crippen LogP contribution < -0.4 is 5.32 Å². The van der Waals surface area contributed by atoms with Gasteiger partial charge in [0.1, 0.15) is 17.7 Å². The van der Waals surface area contributed by atoms with E-state index in [0.29, 0.717) is 24.4 Å². The first-order valence-electron chi connectivity index (χ1n) is 13.3. The van der Waals surface area contributed by atoms with Crippen molar-refractivity contribution in [1.29, 1.82) is 0 Å². The average Bonchev–Trinajstić information content (AvgIpc) is 2.85. The molecule has 1 aliphatic carbocycles. The smallest absolute Gasteiger partial charge is 0.410 e. The molecule has 3 unspecified atom stereocenters. The van der Waals surface area contributed by atoms with Crippen molar-refractivity contribution in [2.24, 2.45) is 11.8 Å². The molecule has 0 bridgehead atoms. The van der Waals surface area contributed by atoms with E-state index in [9.17, 15) is 19.8 Å². The van der Waals surface area contributed by atoms with Crippen molar-refractivity contribution >= 4 is 12.0 Å². The number of likely N-dealkylation sites (tertiary alicyclic amines) is 1. The lowest BCUT2D eigenvalue weighted by Crippen LogP contribution is -2.57. The summed E-state index contributed by atoms with van der Waals surface area (Å²) in [6.45, 7) is 5.50. The number of piperidine rings is 1. The van der Waals surface area contributed by atoms with Crippen molar-refractivity contribution in [1.82, 2.24) is 10.2 Å². The summed E-state index contributed by atoms with van der Waals surface area (Å²) >= 11 is 0. The van der Waals surface area contributed by atoms with Crippen LogP contribution in [0.2, 0.25) is 0 Å². The van der Waals surface area contributed by atoms with Crippen LogP contribution in [-0.2, 0) is 9.53 Å². The van der Waals surface area contributed by atoms with Gasteiger partial charge in [0.15, 0.2) is 0 Å². The predicted molar refractivity (Wildman–Crippen MR) is 136 cm³/mol. The fourth-order valence-corrected chi connectivity index (χ4v) is 5.42. The van der Waals surface area contributed by atoms with E-state index in [1.807, 2.05) is 26.8 Å². The first kappa shape index (κ1) is 27.5. The maximum atomic E-state index is 13.5. The van der Waals surface area contributed by atoms with Gasteiger partial charge >= 0.3 is 6.09 Å². The normalized spacial score (nSPS) is 23.4. The van der Waals surface area contributed by atoms with E-state index in [4.69, 9.17) is 4.74 Å². The van der Waals surface area contributed by atoms with Crippen LogP contribution in [-0.4, -0.2) is 57.9 Å². The highest BCUT2D eigenvalue weighted by Gasteiger charge is 2.39. The number of aliphatic hydroxyl groups excluding tert-OH is 2. The van der Waals surface area contributed by atoms with Crippen molar-refractivity contribution < 1.29 is 24.5 Å². The zero-order valence-corrected chi connectivity index (χ0v) is 21.6. The summed E-state index contributed by atoms with van der Waals surface area (Å²) in [5.74, 6) is 0.782. The van der Waals surface area contributed by atoms with Crippen LogP contribution in [0.25, 0.3) is 0 Å². The Morgan fingerprint density at radius 3 is 2.34 bits per heavy atom. The van der Waals surface area contributed by atoms with Gasteiger partial charge in [0.2, 0.25) is 5.91 Å². The second-order valence-corrected chi connectivity index (χ2v) is 11.3. The standard InChI is InChI=1S/C28H44N2O5/c1-28(2,3)35-27(34)30-17-16-21(15-14-20-10-6-4-7-11-20)18-24(30)26(33)29-23(19-31)25(32)22-12-8-5-9-13-22/h5,8-9,12-13,20-21,23-25,31-32H,4,6-7,10-11,14-19H2,1-3H3,(H,29,33)/t21?,23?,24?,25-/m1/s1. The Labute approximate surface area is 210 Å². The maximum Gasteiger partial charge on any atom is 0.410 e. The van der Waals surface area contributed by atoms with E-state index in [1.165, 1.54) is 43.4 Å². The van der Waals surface area contributed by atoms with Gasteiger partial charge in [-0.2, -0.15) is 0 Å². The molecule has 2 fully saturated rings. The minimum atomic E-state index is -1.05. The van der Waals surface area contributed by atoms with Gasteiger partial charge in [-0.15, -0.1) is 0 Å². The van der Waals surface area contributed by atoms with Gasteiger partial charge in [-0.25, -0.2) is 4.79 Å². The number of nitrogens with one attached hydrogen (secondary N) is 1. The van der Waals surface area contributed by atoms with Crippen molar-refractivity contribution in [3.05, 3.63) is 35.9 Å². The van der Waals surface area contributed by atoms with Gasteiger partial charge < -0.3 is 20.3 Å². The number of benzene rings is 1. The van der Waals surface area contributed by atoms with Crippen LogP contribution in [0.1, 0.15) is 90.2 Å². The topological polar surface area (TPSA) is 99.1 Å². The van der Waals surface area contributed by atoms with Gasteiger partial charge in [0.25, 0.3) is 0 Å². The lowest BCUT2D eigenvalue weighted by molar-refractivity contribution is -0.130. The molecule has 3 rings (SSSR count). The largest absolute Gasteiger partial charge is 0.444 e.